The van der Waals surface area contributed by atoms with Crippen LogP contribution in [0, 0.1) is 12.7 Å². The Labute approximate surface area is 158 Å². The number of rotatable bonds is 6. The Bertz CT molecular complexity index is 972. The molecule has 0 fully saturated rings. The largest absolute Gasteiger partial charge is 0.497 e. The second kappa shape index (κ2) is 8.18. The third-order valence-electron chi connectivity index (χ3n) is 4.48. The van der Waals surface area contributed by atoms with Crippen LogP contribution in [0.25, 0.3) is 10.8 Å². The first-order chi connectivity index (χ1) is 12.9. The van der Waals surface area contributed by atoms with Gasteiger partial charge in [0.25, 0.3) is 5.91 Å². The van der Waals surface area contributed by atoms with Crippen molar-refractivity contribution < 1.29 is 18.8 Å². The minimum atomic E-state index is -0.411. The maximum atomic E-state index is 13.9. The topological polar surface area (TPSA) is 42.8 Å². The van der Waals surface area contributed by atoms with Crippen molar-refractivity contribution in [2.45, 2.75) is 13.5 Å². The summed E-state index contributed by atoms with van der Waals surface area (Å²) in [6, 6.07) is 17.0. The van der Waals surface area contributed by atoms with E-state index in [1.54, 1.807) is 19.2 Å². The highest BCUT2D eigenvalue weighted by molar-refractivity contribution is 5.91. The van der Waals surface area contributed by atoms with Gasteiger partial charge in [0, 0.05) is 5.56 Å². The molecular weight excluding hydrogens is 343 g/mol. The van der Waals surface area contributed by atoms with Crippen molar-refractivity contribution in [1.82, 2.24) is 0 Å². The SMILES string of the molecule is COc1ccc2cc(C[NH+](C)CC(=O)Nc3ccc(C)cc3F)ccc2c1. The normalized spacial score (nSPS) is 12.0. The van der Waals surface area contributed by atoms with Gasteiger partial charge in [-0.2, -0.15) is 0 Å². The molecule has 27 heavy (non-hydrogen) atoms. The maximum absolute atomic E-state index is 13.9. The van der Waals surface area contributed by atoms with Gasteiger partial charge in [-0.25, -0.2) is 4.39 Å². The Morgan fingerprint density at radius 3 is 2.56 bits per heavy atom. The van der Waals surface area contributed by atoms with Crippen molar-refractivity contribution >= 4 is 22.4 Å². The standard InChI is InChI=1S/C22H23FN2O2/c1-15-4-9-21(20(23)10-15)24-22(26)14-25(2)13-16-5-6-18-12-19(27-3)8-7-17(18)11-16/h4-12H,13-14H2,1-3H3,(H,24,26)/p+1. The molecule has 0 aliphatic carbocycles. The Hall–Kier alpha value is -2.92. The number of benzene rings is 3. The highest BCUT2D eigenvalue weighted by atomic mass is 19.1. The molecule has 4 nitrogen and oxygen atoms in total. The fourth-order valence-electron chi connectivity index (χ4n) is 3.11. The van der Waals surface area contributed by atoms with Gasteiger partial charge < -0.3 is 15.0 Å². The molecule has 0 saturated heterocycles. The number of likely N-dealkylation sites (N-methyl/N-ethyl adjacent to an activating group) is 1. The molecule has 140 valence electrons. The van der Waals surface area contributed by atoms with Crippen molar-refractivity contribution in [2.24, 2.45) is 0 Å². The van der Waals surface area contributed by atoms with Gasteiger partial charge in [0.15, 0.2) is 6.54 Å². The Morgan fingerprint density at radius 1 is 1.07 bits per heavy atom. The van der Waals surface area contributed by atoms with Crippen LogP contribution >= 0.6 is 0 Å². The van der Waals surface area contributed by atoms with Crippen LogP contribution < -0.4 is 15.0 Å². The highest BCUT2D eigenvalue weighted by Crippen LogP contribution is 2.21. The summed E-state index contributed by atoms with van der Waals surface area (Å²) in [5, 5.41) is 4.89. The number of hydrogen-bond donors (Lipinski definition) is 2. The summed E-state index contributed by atoms with van der Waals surface area (Å²) in [5.74, 6) is 0.213. The van der Waals surface area contributed by atoms with Crippen molar-refractivity contribution in [1.29, 1.82) is 0 Å². The Morgan fingerprint density at radius 2 is 1.81 bits per heavy atom. The summed E-state index contributed by atoms with van der Waals surface area (Å²) in [6.45, 7) is 2.77. The molecule has 0 radical (unpaired) electrons. The van der Waals surface area contributed by atoms with Crippen LogP contribution in [-0.2, 0) is 11.3 Å². The van der Waals surface area contributed by atoms with Crippen LogP contribution in [0.2, 0.25) is 0 Å². The van der Waals surface area contributed by atoms with Crippen LogP contribution in [0.4, 0.5) is 10.1 Å². The van der Waals surface area contributed by atoms with Gasteiger partial charge in [-0.15, -0.1) is 0 Å². The number of methoxy groups -OCH3 is 1. The van der Waals surface area contributed by atoms with E-state index in [4.69, 9.17) is 4.74 Å². The number of anilines is 1. The first-order valence-corrected chi connectivity index (χ1v) is 8.88. The Balaban J connectivity index is 1.62. The van der Waals surface area contributed by atoms with Gasteiger partial charge in [-0.1, -0.05) is 24.3 Å². The third-order valence-corrected chi connectivity index (χ3v) is 4.48. The molecule has 5 heteroatoms. The highest BCUT2D eigenvalue weighted by Gasteiger charge is 2.13. The molecule has 1 amide bonds. The van der Waals surface area contributed by atoms with E-state index < -0.39 is 5.82 Å². The lowest BCUT2D eigenvalue weighted by molar-refractivity contribution is -0.885. The number of nitrogens with one attached hydrogen (secondary N) is 2. The second-order valence-electron chi connectivity index (χ2n) is 6.89. The molecule has 3 aromatic carbocycles. The average Bonchev–Trinajstić information content (AvgIpc) is 2.63. The van der Waals surface area contributed by atoms with Gasteiger partial charge >= 0.3 is 0 Å². The number of carbonyl (C=O) groups excluding carboxylic acids is 1. The van der Waals surface area contributed by atoms with Crippen molar-refractivity contribution in [3.05, 3.63) is 71.5 Å². The summed E-state index contributed by atoms with van der Waals surface area (Å²) in [7, 11) is 3.60. The van der Waals surface area contributed by atoms with E-state index in [2.05, 4.69) is 23.5 Å². The van der Waals surface area contributed by atoms with Gasteiger partial charge in [-0.05, 0) is 53.6 Å². The van der Waals surface area contributed by atoms with Gasteiger partial charge in [0.2, 0.25) is 0 Å². The zero-order valence-corrected chi connectivity index (χ0v) is 15.8. The van der Waals surface area contributed by atoms with E-state index in [0.29, 0.717) is 6.54 Å². The number of aryl methyl sites for hydroxylation is 1. The molecular formula is C22H24FN2O2+. The van der Waals surface area contributed by atoms with Gasteiger partial charge in [-0.3, -0.25) is 4.79 Å². The first-order valence-electron chi connectivity index (χ1n) is 8.88. The molecule has 0 aromatic heterocycles. The molecule has 0 heterocycles. The molecule has 3 aromatic rings. The minimum Gasteiger partial charge on any atom is -0.497 e. The number of halogens is 1. The third kappa shape index (κ3) is 4.83. The minimum absolute atomic E-state index is 0.208. The lowest BCUT2D eigenvalue weighted by atomic mass is 10.1. The Kier molecular flexibility index (Phi) is 5.72. The number of fused-ring (bicyclic) bond motifs is 1. The molecule has 0 spiro atoms. The van der Waals surface area contributed by atoms with Crippen molar-refractivity contribution in [2.75, 3.05) is 26.0 Å². The molecule has 0 aliphatic rings. The monoisotopic (exact) mass is 367 g/mol. The van der Waals surface area contributed by atoms with E-state index in [9.17, 15) is 9.18 Å². The zero-order chi connectivity index (χ0) is 19.4. The van der Waals surface area contributed by atoms with Crippen molar-refractivity contribution in [3.63, 3.8) is 0 Å². The van der Waals surface area contributed by atoms with Crippen LogP contribution in [0.3, 0.4) is 0 Å². The molecule has 1 atom stereocenters. The van der Waals surface area contributed by atoms with Gasteiger partial charge in [0.1, 0.15) is 18.1 Å². The number of amides is 1. The van der Waals surface area contributed by atoms with Crippen LogP contribution in [0.5, 0.6) is 5.75 Å². The van der Waals surface area contributed by atoms with Crippen molar-refractivity contribution in [3.8, 4) is 5.75 Å². The fraction of sp³-hybridized carbons (Fsp3) is 0.227. The maximum Gasteiger partial charge on any atom is 0.279 e. The predicted molar refractivity (Wildman–Crippen MR) is 106 cm³/mol. The quantitative estimate of drug-likeness (QED) is 0.703. The number of quaternary nitrogens is 1. The summed E-state index contributed by atoms with van der Waals surface area (Å²) in [6.07, 6.45) is 0. The van der Waals surface area contributed by atoms with E-state index in [0.717, 1.165) is 32.5 Å². The summed E-state index contributed by atoms with van der Waals surface area (Å²) >= 11 is 0. The lowest BCUT2D eigenvalue weighted by Gasteiger charge is -2.15. The molecule has 0 aliphatic heterocycles. The second-order valence-corrected chi connectivity index (χ2v) is 6.89. The molecule has 0 saturated carbocycles. The molecule has 2 N–H and O–H groups in total. The molecule has 3 rings (SSSR count). The number of ether oxygens (including phenoxy) is 1. The first kappa shape index (κ1) is 18.9. The van der Waals surface area contributed by atoms with Crippen LogP contribution in [0.15, 0.2) is 54.6 Å². The molecule has 1 unspecified atom stereocenters. The van der Waals surface area contributed by atoms with E-state index in [1.807, 2.05) is 32.2 Å². The lowest BCUT2D eigenvalue weighted by Crippen LogP contribution is -3.08. The van der Waals surface area contributed by atoms with Gasteiger partial charge in [0.05, 0.1) is 19.8 Å². The predicted octanol–water partition coefficient (Wildman–Crippen LogP) is 2.95. The summed E-state index contributed by atoms with van der Waals surface area (Å²) in [4.78, 5) is 13.2. The van der Waals surface area contributed by atoms with Crippen LogP contribution in [-0.4, -0.2) is 26.6 Å². The van der Waals surface area contributed by atoms with E-state index in [1.165, 1.54) is 6.07 Å². The van der Waals surface area contributed by atoms with E-state index in [-0.39, 0.29) is 18.1 Å². The van der Waals surface area contributed by atoms with E-state index >= 15 is 0 Å². The number of carbonyl (C=O) groups is 1. The average molecular weight is 367 g/mol. The number of hydrogen-bond acceptors (Lipinski definition) is 2. The zero-order valence-electron chi connectivity index (χ0n) is 15.8. The smallest absolute Gasteiger partial charge is 0.279 e. The fourth-order valence-corrected chi connectivity index (χ4v) is 3.11. The molecule has 0 bridgehead atoms. The summed E-state index contributed by atoms with van der Waals surface area (Å²) in [5.41, 5.74) is 2.18. The van der Waals surface area contributed by atoms with Crippen LogP contribution in [0.1, 0.15) is 11.1 Å². The summed E-state index contributed by atoms with van der Waals surface area (Å²) < 4.78 is 19.1.